The highest BCUT2D eigenvalue weighted by molar-refractivity contribution is 5.82. The van der Waals surface area contributed by atoms with E-state index in [2.05, 4.69) is 16.6 Å². The molecule has 0 aromatic carbocycles. The van der Waals surface area contributed by atoms with Crippen LogP contribution in [0.4, 0.5) is 0 Å². The van der Waals surface area contributed by atoms with Crippen molar-refractivity contribution in [2.75, 3.05) is 7.05 Å². The number of hydrogen-bond acceptors (Lipinski definition) is 2. The molecule has 0 aliphatic carbocycles. The molecule has 0 amide bonds. The Balaban J connectivity index is 3.20. The molecule has 2 nitrogen and oxygen atoms in total. The van der Waals surface area contributed by atoms with Gasteiger partial charge < -0.3 is 0 Å². The molecule has 0 atom stereocenters. The van der Waals surface area contributed by atoms with Crippen LogP contribution in [0.25, 0.3) is 6.08 Å². The highest BCUT2D eigenvalue weighted by atomic mass is 14.7. The Kier molecular flexibility index (Phi) is 2.75. The van der Waals surface area contributed by atoms with Gasteiger partial charge >= 0.3 is 0 Å². The van der Waals surface area contributed by atoms with Crippen LogP contribution in [-0.4, -0.2) is 18.2 Å². The second-order valence-electron chi connectivity index (χ2n) is 2.52. The monoisotopic (exact) mass is 160 g/mol. The Hall–Kier alpha value is -1.44. The van der Waals surface area contributed by atoms with Crippen molar-refractivity contribution in [2.45, 2.75) is 6.92 Å². The molecule has 0 bridgehead atoms. The first-order chi connectivity index (χ1) is 5.77. The van der Waals surface area contributed by atoms with Crippen LogP contribution in [0.5, 0.6) is 0 Å². The predicted molar refractivity (Wildman–Crippen MR) is 52.6 cm³/mol. The number of aryl methyl sites for hydroxylation is 1. The van der Waals surface area contributed by atoms with E-state index in [-0.39, 0.29) is 0 Å². The maximum atomic E-state index is 4.31. The Labute approximate surface area is 72.7 Å². The van der Waals surface area contributed by atoms with Gasteiger partial charge in [0.1, 0.15) is 0 Å². The molecule has 1 aromatic heterocycles. The number of aromatic nitrogens is 1. The van der Waals surface area contributed by atoms with Crippen molar-refractivity contribution < 1.29 is 0 Å². The Morgan fingerprint density at radius 3 is 2.83 bits per heavy atom. The summed E-state index contributed by atoms with van der Waals surface area (Å²) in [5.41, 5.74) is 2.90. The van der Waals surface area contributed by atoms with Crippen LogP contribution in [0.3, 0.4) is 0 Å². The van der Waals surface area contributed by atoms with Gasteiger partial charge in [-0.15, -0.1) is 0 Å². The van der Waals surface area contributed by atoms with Gasteiger partial charge in [0.15, 0.2) is 0 Å². The molecule has 2 heteroatoms. The maximum absolute atomic E-state index is 4.31. The van der Waals surface area contributed by atoms with Gasteiger partial charge in [0.2, 0.25) is 0 Å². The van der Waals surface area contributed by atoms with Crippen LogP contribution in [0.2, 0.25) is 0 Å². The summed E-state index contributed by atoms with van der Waals surface area (Å²) in [6.45, 7) is 5.66. The molecule has 0 fully saturated rings. The third-order valence-electron chi connectivity index (χ3n) is 1.57. The summed E-state index contributed by atoms with van der Waals surface area (Å²) >= 11 is 0. The SMILES string of the molecule is C=Cc1ccc(C)nc1C=NC. The van der Waals surface area contributed by atoms with Gasteiger partial charge in [-0.1, -0.05) is 18.7 Å². The lowest BCUT2D eigenvalue weighted by atomic mass is 10.2. The van der Waals surface area contributed by atoms with Crippen molar-refractivity contribution in [1.29, 1.82) is 0 Å². The Morgan fingerprint density at radius 1 is 1.50 bits per heavy atom. The first kappa shape index (κ1) is 8.65. The van der Waals surface area contributed by atoms with Gasteiger partial charge in [-0.05, 0) is 13.0 Å². The molecule has 1 aromatic rings. The normalized spacial score (nSPS) is 10.5. The van der Waals surface area contributed by atoms with Gasteiger partial charge in [-0.3, -0.25) is 9.98 Å². The van der Waals surface area contributed by atoms with E-state index < -0.39 is 0 Å². The van der Waals surface area contributed by atoms with Crippen LogP contribution in [-0.2, 0) is 0 Å². The molecular weight excluding hydrogens is 148 g/mol. The summed E-state index contributed by atoms with van der Waals surface area (Å²) in [5.74, 6) is 0. The molecule has 0 saturated carbocycles. The zero-order chi connectivity index (χ0) is 8.97. The summed E-state index contributed by atoms with van der Waals surface area (Å²) in [6, 6.07) is 3.95. The first-order valence-corrected chi connectivity index (χ1v) is 3.80. The number of aliphatic imine (C=N–C) groups is 1. The highest BCUT2D eigenvalue weighted by Gasteiger charge is 1.96. The lowest BCUT2D eigenvalue weighted by Gasteiger charge is -1.99. The Morgan fingerprint density at radius 2 is 2.25 bits per heavy atom. The minimum absolute atomic E-state index is 0.882. The van der Waals surface area contributed by atoms with Crippen LogP contribution in [0.15, 0.2) is 23.7 Å². The van der Waals surface area contributed by atoms with Gasteiger partial charge in [0, 0.05) is 24.5 Å². The molecule has 0 radical (unpaired) electrons. The van der Waals surface area contributed by atoms with Crippen LogP contribution < -0.4 is 0 Å². The fraction of sp³-hybridized carbons (Fsp3) is 0.200. The van der Waals surface area contributed by atoms with Gasteiger partial charge in [-0.2, -0.15) is 0 Å². The van der Waals surface area contributed by atoms with Crippen molar-refractivity contribution in [1.82, 2.24) is 4.98 Å². The minimum atomic E-state index is 0.882. The Bertz CT molecular complexity index is 314. The average Bonchev–Trinajstić information content (AvgIpc) is 2.05. The number of rotatable bonds is 2. The third-order valence-corrected chi connectivity index (χ3v) is 1.57. The molecule has 1 heterocycles. The molecular formula is C10H12N2. The summed E-state index contributed by atoms with van der Waals surface area (Å²) in [4.78, 5) is 8.23. The number of pyridine rings is 1. The zero-order valence-corrected chi connectivity index (χ0v) is 7.41. The second-order valence-corrected chi connectivity index (χ2v) is 2.52. The highest BCUT2D eigenvalue weighted by Crippen LogP contribution is 2.06. The zero-order valence-electron chi connectivity index (χ0n) is 7.41. The molecule has 0 N–H and O–H groups in total. The number of hydrogen-bond donors (Lipinski definition) is 0. The molecule has 12 heavy (non-hydrogen) atoms. The molecule has 62 valence electrons. The van der Waals surface area contributed by atoms with Gasteiger partial charge in [-0.25, -0.2) is 0 Å². The van der Waals surface area contributed by atoms with Crippen LogP contribution in [0, 0.1) is 6.92 Å². The molecule has 0 spiro atoms. The fourth-order valence-corrected chi connectivity index (χ4v) is 0.986. The number of nitrogens with zero attached hydrogens (tertiary/aromatic N) is 2. The van der Waals surface area contributed by atoms with E-state index in [0.717, 1.165) is 17.0 Å². The summed E-state index contributed by atoms with van der Waals surface area (Å²) < 4.78 is 0. The molecule has 0 unspecified atom stereocenters. The van der Waals surface area contributed by atoms with E-state index in [9.17, 15) is 0 Å². The van der Waals surface area contributed by atoms with E-state index in [1.165, 1.54) is 0 Å². The predicted octanol–water partition coefficient (Wildman–Crippen LogP) is 2.08. The lowest BCUT2D eigenvalue weighted by Crippen LogP contribution is -1.93. The largest absolute Gasteiger partial charge is 0.294 e. The van der Waals surface area contributed by atoms with Crippen molar-refractivity contribution in [3.63, 3.8) is 0 Å². The fourth-order valence-electron chi connectivity index (χ4n) is 0.986. The second kappa shape index (κ2) is 3.81. The molecule has 0 saturated heterocycles. The van der Waals surface area contributed by atoms with Crippen molar-refractivity contribution in [3.8, 4) is 0 Å². The quantitative estimate of drug-likeness (QED) is 0.608. The standard InChI is InChI=1S/C10H12N2/c1-4-9-6-5-8(2)12-10(9)7-11-3/h4-7H,1H2,2-3H3. The van der Waals surface area contributed by atoms with Gasteiger partial charge in [0.05, 0.1) is 5.69 Å². The minimum Gasteiger partial charge on any atom is -0.294 e. The lowest BCUT2D eigenvalue weighted by molar-refractivity contribution is 1.18. The smallest absolute Gasteiger partial charge is 0.0882 e. The van der Waals surface area contributed by atoms with Crippen LogP contribution in [0.1, 0.15) is 17.0 Å². The van der Waals surface area contributed by atoms with Crippen molar-refractivity contribution >= 4 is 12.3 Å². The van der Waals surface area contributed by atoms with E-state index in [0.29, 0.717) is 0 Å². The topological polar surface area (TPSA) is 25.2 Å². The van der Waals surface area contributed by atoms with E-state index in [1.54, 1.807) is 19.3 Å². The van der Waals surface area contributed by atoms with Crippen molar-refractivity contribution in [3.05, 3.63) is 35.7 Å². The summed E-state index contributed by atoms with van der Waals surface area (Å²) in [6.07, 6.45) is 3.52. The average molecular weight is 160 g/mol. The van der Waals surface area contributed by atoms with E-state index in [4.69, 9.17) is 0 Å². The summed E-state index contributed by atoms with van der Waals surface area (Å²) in [7, 11) is 1.73. The maximum Gasteiger partial charge on any atom is 0.0882 e. The third kappa shape index (κ3) is 1.78. The molecule has 0 aliphatic heterocycles. The van der Waals surface area contributed by atoms with Crippen LogP contribution >= 0.6 is 0 Å². The van der Waals surface area contributed by atoms with E-state index >= 15 is 0 Å². The van der Waals surface area contributed by atoms with E-state index in [1.807, 2.05) is 19.1 Å². The van der Waals surface area contributed by atoms with Crippen molar-refractivity contribution in [2.24, 2.45) is 4.99 Å². The summed E-state index contributed by atoms with van der Waals surface area (Å²) in [5, 5.41) is 0. The first-order valence-electron chi connectivity index (χ1n) is 3.80. The molecule has 0 aliphatic rings. The molecule has 1 rings (SSSR count). The van der Waals surface area contributed by atoms with Gasteiger partial charge in [0.25, 0.3) is 0 Å².